The van der Waals surface area contributed by atoms with Crippen LogP contribution in [0.25, 0.3) is 6.08 Å². The Bertz CT molecular complexity index is 1070. The Morgan fingerprint density at radius 2 is 1.86 bits per heavy atom. The third kappa shape index (κ3) is 7.69. The average Bonchev–Trinajstić information content (AvgIpc) is 3.42. The summed E-state index contributed by atoms with van der Waals surface area (Å²) in [6.07, 6.45) is 15.5. The lowest BCUT2D eigenvalue weighted by Gasteiger charge is -2.29. The standard InChI is InChI=1S/C29H38N4O4/c1-36-26-13-12-24(16-26)30-17-22-18-31-27(32-19-22)20-33(29(35)23-8-4-3-5-9-23)25-10-6-7-21(15-25)11-14-28(34)37-2/h6-7,10-11,14-15,18-19,23-24,26,30H,3-5,8-9,12-13,16-17,20H2,1-2H3/b14-11+. The van der Waals surface area contributed by atoms with Gasteiger partial charge in [0.1, 0.15) is 5.82 Å². The Kier molecular flexibility index (Phi) is 9.79. The molecule has 1 aromatic carbocycles. The fraction of sp³-hybridized carbons (Fsp3) is 0.517. The van der Waals surface area contributed by atoms with Crippen molar-refractivity contribution in [3.63, 3.8) is 0 Å². The maximum absolute atomic E-state index is 13.7. The van der Waals surface area contributed by atoms with Gasteiger partial charge in [-0.05, 0) is 55.9 Å². The van der Waals surface area contributed by atoms with Gasteiger partial charge in [0, 0.05) is 55.3 Å². The summed E-state index contributed by atoms with van der Waals surface area (Å²) in [4.78, 5) is 36.2. The van der Waals surface area contributed by atoms with Crippen LogP contribution in [0.3, 0.4) is 0 Å². The SMILES string of the molecule is COC(=O)/C=C/c1cccc(N(Cc2ncc(CNC3CCC(OC)C3)cn2)C(=O)C2CCCCC2)c1. The van der Waals surface area contributed by atoms with Gasteiger partial charge in [0.05, 0.1) is 19.8 Å². The van der Waals surface area contributed by atoms with Gasteiger partial charge in [-0.25, -0.2) is 14.8 Å². The number of amides is 1. The monoisotopic (exact) mass is 506 g/mol. The molecule has 2 saturated carbocycles. The zero-order valence-corrected chi connectivity index (χ0v) is 21.9. The number of nitrogens with one attached hydrogen (secondary N) is 1. The number of aromatic nitrogens is 2. The molecule has 1 N–H and O–H groups in total. The Morgan fingerprint density at radius 1 is 1.08 bits per heavy atom. The van der Waals surface area contributed by atoms with Gasteiger partial charge in [-0.1, -0.05) is 31.4 Å². The van der Waals surface area contributed by atoms with E-state index in [9.17, 15) is 9.59 Å². The second kappa shape index (κ2) is 13.4. The van der Waals surface area contributed by atoms with E-state index in [0.717, 1.165) is 61.8 Å². The number of carbonyl (C=O) groups is 2. The maximum Gasteiger partial charge on any atom is 0.330 e. The first-order valence-corrected chi connectivity index (χ1v) is 13.3. The highest BCUT2D eigenvalue weighted by Crippen LogP contribution is 2.29. The number of benzene rings is 1. The molecule has 0 radical (unpaired) electrons. The molecule has 2 fully saturated rings. The summed E-state index contributed by atoms with van der Waals surface area (Å²) in [6.45, 7) is 1.01. The minimum Gasteiger partial charge on any atom is -0.466 e. The lowest BCUT2D eigenvalue weighted by Crippen LogP contribution is -2.37. The first-order valence-electron chi connectivity index (χ1n) is 13.3. The van der Waals surface area contributed by atoms with Crippen molar-refractivity contribution in [3.05, 3.63) is 59.7 Å². The van der Waals surface area contributed by atoms with Crippen molar-refractivity contribution in [3.8, 4) is 0 Å². The number of methoxy groups -OCH3 is 2. The van der Waals surface area contributed by atoms with Gasteiger partial charge in [-0.3, -0.25) is 4.79 Å². The van der Waals surface area contributed by atoms with E-state index in [0.29, 0.717) is 31.1 Å². The van der Waals surface area contributed by atoms with Crippen LogP contribution in [0, 0.1) is 5.92 Å². The van der Waals surface area contributed by atoms with Gasteiger partial charge < -0.3 is 19.7 Å². The molecule has 1 heterocycles. The first kappa shape index (κ1) is 26.9. The fourth-order valence-electron chi connectivity index (χ4n) is 5.19. The van der Waals surface area contributed by atoms with Crippen molar-refractivity contribution in [1.82, 2.24) is 15.3 Å². The van der Waals surface area contributed by atoms with Crippen molar-refractivity contribution >= 4 is 23.6 Å². The van der Waals surface area contributed by atoms with E-state index in [1.54, 1.807) is 18.1 Å². The van der Waals surface area contributed by atoms with E-state index >= 15 is 0 Å². The van der Waals surface area contributed by atoms with Gasteiger partial charge in [-0.2, -0.15) is 0 Å². The molecule has 37 heavy (non-hydrogen) atoms. The number of carbonyl (C=O) groups excluding carboxylic acids is 2. The molecule has 2 unspecified atom stereocenters. The van der Waals surface area contributed by atoms with Crippen molar-refractivity contribution < 1.29 is 19.1 Å². The quantitative estimate of drug-likeness (QED) is 0.376. The molecule has 1 amide bonds. The van der Waals surface area contributed by atoms with Crippen LogP contribution in [0.1, 0.15) is 68.3 Å². The fourth-order valence-corrected chi connectivity index (χ4v) is 5.19. The molecule has 2 aromatic rings. The second-order valence-corrected chi connectivity index (χ2v) is 9.97. The minimum absolute atomic E-state index is 0.00817. The predicted octanol–water partition coefficient (Wildman–Crippen LogP) is 4.43. The molecule has 0 spiro atoms. The molecule has 0 saturated heterocycles. The van der Waals surface area contributed by atoms with Crippen molar-refractivity contribution in [2.75, 3.05) is 19.1 Å². The number of rotatable bonds is 10. The summed E-state index contributed by atoms with van der Waals surface area (Å²) < 4.78 is 10.2. The summed E-state index contributed by atoms with van der Waals surface area (Å²) in [5.74, 6) is 0.296. The molecule has 1 aromatic heterocycles. The molecule has 4 rings (SSSR count). The maximum atomic E-state index is 13.7. The molecule has 2 aliphatic rings. The summed E-state index contributed by atoms with van der Waals surface area (Å²) in [5, 5.41) is 3.58. The van der Waals surface area contributed by atoms with Gasteiger partial charge in [0.15, 0.2) is 0 Å². The zero-order valence-electron chi connectivity index (χ0n) is 21.9. The molecule has 2 atom stereocenters. The summed E-state index contributed by atoms with van der Waals surface area (Å²) in [5.41, 5.74) is 2.60. The van der Waals surface area contributed by atoms with Crippen LogP contribution < -0.4 is 10.2 Å². The van der Waals surface area contributed by atoms with E-state index < -0.39 is 5.97 Å². The van der Waals surface area contributed by atoms with Gasteiger partial charge in [0.25, 0.3) is 0 Å². The lowest BCUT2D eigenvalue weighted by molar-refractivity contribution is -0.134. The van der Waals surface area contributed by atoms with Crippen LogP contribution in [0.15, 0.2) is 42.7 Å². The molecule has 198 valence electrons. The molecule has 2 aliphatic carbocycles. The van der Waals surface area contributed by atoms with E-state index in [4.69, 9.17) is 9.47 Å². The first-order chi connectivity index (χ1) is 18.1. The molecular formula is C29H38N4O4. The summed E-state index contributed by atoms with van der Waals surface area (Å²) >= 11 is 0. The molecule has 0 bridgehead atoms. The minimum atomic E-state index is -0.421. The normalized spacial score (nSPS) is 20.3. The summed E-state index contributed by atoms with van der Waals surface area (Å²) in [6, 6.07) is 8.06. The highest BCUT2D eigenvalue weighted by atomic mass is 16.5. The number of hydrogen-bond acceptors (Lipinski definition) is 7. The highest BCUT2D eigenvalue weighted by molar-refractivity contribution is 5.95. The van der Waals surface area contributed by atoms with Crippen LogP contribution in [0.5, 0.6) is 0 Å². The van der Waals surface area contributed by atoms with Crippen molar-refractivity contribution in [2.45, 2.75) is 76.6 Å². The second-order valence-electron chi connectivity index (χ2n) is 9.97. The van der Waals surface area contributed by atoms with Crippen LogP contribution in [0.4, 0.5) is 5.69 Å². The van der Waals surface area contributed by atoms with Gasteiger partial charge >= 0.3 is 5.97 Å². The Balaban J connectivity index is 1.47. The van der Waals surface area contributed by atoms with E-state index in [2.05, 4.69) is 15.3 Å². The third-order valence-electron chi connectivity index (χ3n) is 7.39. The van der Waals surface area contributed by atoms with Crippen LogP contribution in [-0.4, -0.2) is 48.2 Å². The zero-order chi connectivity index (χ0) is 26.0. The highest BCUT2D eigenvalue weighted by Gasteiger charge is 2.28. The number of ether oxygens (including phenoxy) is 2. The van der Waals surface area contributed by atoms with Crippen LogP contribution in [0.2, 0.25) is 0 Å². The smallest absolute Gasteiger partial charge is 0.330 e. The number of nitrogens with zero attached hydrogens (tertiary/aromatic N) is 3. The van der Waals surface area contributed by atoms with Gasteiger partial charge in [0.2, 0.25) is 5.91 Å². The number of esters is 1. The van der Waals surface area contributed by atoms with E-state index in [1.807, 2.05) is 36.7 Å². The number of hydrogen-bond donors (Lipinski definition) is 1. The van der Waals surface area contributed by atoms with Crippen molar-refractivity contribution in [2.24, 2.45) is 5.92 Å². The molecule has 8 heteroatoms. The molecule has 0 aliphatic heterocycles. The largest absolute Gasteiger partial charge is 0.466 e. The Labute approximate surface area is 219 Å². The van der Waals surface area contributed by atoms with Crippen molar-refractivity contribution in [1.29, 1.82) is 0 Å². The van der Waals surface area contributed by atoms with E-state index in [-0.39, 0.29) is 11.8 Å². The third-order valence-corrected chi connectivity index (χ3v) is 7.39. The molecule has 8 nitrogen and oxygen atoms in total. The summed E-state index contributed by atoms with van der Waals surface area (Å²) in [7, 11) is 3.12. The van der Waals surface area contributed by atoms with Crippen LogP contribution in [-0.2, 0) is 32.2 Å². The predicted molar refractivity (Wildman–Crippen MR) is 143 cm³/mol. The average molecular weight is 507 g/mol. The number of anilines is 1. The topological polar surface area (TPSA) is 93.7 Å². The van der Waals surface area contributed by atoms with Crippen LogP contribution >= 0.6 is 0 Å². The van der Waals surface area contributed by atoms with E-state index in [1.165, 1.54) is 19.6 Å². The molecular weight excluding hydrogens is 468 g/mol. The Morgan fingerprint density at radius 3 is 2.57 bits per heavy atom. The Hall–Kier alpha value is -3.10. The van der Waals surface area contributed by atoms with Gasteiger partial charge in [-0.15, -0.1) is 0 Å². The lowest BCUT2D eigenvalue weighted by atomic mass is 9.88.